The van der Waals surface area contributed by atoms with E-state index in [-0.39, 0.29) is 33.8 Å². The van der Waals surface area contributed by atoms with Crippen LogP contribution in [0.3, 0.4) is 0 Å². The summed E-state index contributed by atoms with van der Waals surface area (Å²) >= 11 is 5.13. The molecule has 0 unspecified atom stereocenters. The monoisotopic (exact) mass is 295 g/mol. The van der Waals surface area contributed by atoms with Crippen LogP contribution in [0.5, 0.6) is 0 Å². The normalized spacial score (nSPS) is 11.1. The maximum Gasteiger partial charge on any atom is 0.446 e. The molecule has 7 heteroatoms. The van der Waals surface area contributed by atoms with Crippen molar-refractivity contribution < 1.29 is 18.0 Å². The first-order valence-electron chi connectivity index (χ1n) is 4.76. The molecule has 0 atom stereocenters. The number of benzene rings is 1. The number of amides is 1. The molecule has 0 saturated heterocycles. The molecule has 1 aromatic rings. The number of hydrogen-bond acceptors (Lipinski definition) is 2. The summed E-state index contributed by atoms with van der Waals surface area (Å²) < 4.78 is 36.9. The van der Waals surface area contributed by atoms with Crippen LogP contribution in [0.1, 0.15) is 10.4 Å². The van der Waals surface area contributed by atoms with E-state index in [1.54, 1.807) is 0 Å². The maximum atomic E-state index is 12.3. The van der Waals surface area contributed by atoms with Crippen molar-refractivity contribution in [2.45, 2.75) is 10.4 Å². The van der Waals surface area contributed by atoms with Gasteiger partial charge in [0.15, 0.2) is 0 Å². The summed E-state index contributed by atoms with van der Waals surface area (Å²) in [7, 11) is 0. The zero-order valence-corrected chi connectivity index (χ0v) is 10.6. The number of carbonyl (C=O) groups is 1. The molecular weight excluding hydrogens is 287 g/mol. The van der Waals surface area contributed by atoms with Crippen molar-refractivity contribution in [1.29, 1.82) is 0 Å². The summed E-state index contributed by atoms with van der Waals surface area (Å²) in [5, 5.41) is 2.57. The Balaban J connectivity index is 2.88. The van der Waals surface area contributed by atoms with E-state index in [1.165, 1.54) is 24.3 Å². The third-order valence-corrected chi connectivity index (χ3v) is 2.74. The van der Waals surface area contributed by atoms with Gasteiger partial charge in [-0.1, -0.05) is 30.3 Å². The van der Waals surface area contributed by atoms with Crippen molar-refractivity contribution in [3.05, 3.63) is 41.4 Å². The molecule has 1 N–H and O–H groups in total. The zero-order chi connectivity index (χ0) is 13.8. The number of hydrogen-bond donors (Lipinski definition) is 1. The largest absolute Gasteiger partial charge is 0.446 e. The first-order valence-corrected chi connectivity index (χ1v) is 5.95. The average molecular weight is 296 g/mol. The Morgan fingerprint density at radius 2 is 2.00 bits per heavy atom. The van der Waals surface area contributed by atoms with Crippen molar-refractivity contribution in [2.24, 2.45) is 0 Å². The SMILES string of the molecule is C=C(Cl)CNC(=O)c1ccccc1SC(F)(F)F. The summed E-state index contributed by atoms with van der Waals surface area (Å²) in [6.45, 7) is 3.37. The van der Waals surface area contributed by atoms with Crippen LogP contribution < -0.4 is 5.32 Å². The molecule has 0 aliphatic carbocycles. The first-order chi connectivity index (χ1) is 8.29. The standard InChI is InChI=1S/C11H9ClF3NOS/c1-7(12)6-16-10(17)8-4-2-3-5-9(8)18-11(13,14)15/h2-5H,1,6H2,(H,16,17). The molecule has 0 bridgehead atoms. The molecular formula is C11H9ClF3NOS. The van der Waals surface area contributed by atoms with Gasteiger partial charge in [-0.3, -0.25) is 4.79 Å². The fourth-order valence-corrected chi connectivity index (χ4v) is 1.87. The minimum Gasteiger partial charge on any atom is -0.347 e. The highest BCUT2D eigenvalue weighted by Gasteiger charge is 2.31. The number of alkyl halides is 3. The van der Waals surface area contributed by atoms with Crippen LogP contribution in [0.2, 0.25) is 0 Å². The lowest BCUT2D eigenvalue weighted by Gasteiger charge is -2.10. The predicted molar refractivity (Wildman–Crippen MR) is 65.7 cm³/mol. The Morgan fingerprint density at radius 3 is 2.56 bits per heavy atom. The molecule has 0 saturated carbocycles. The van der Waals surface area contributed by atoms with Gasteiger partial charge in [0.25, 0.3) is 5.91 Å². The second-order valence-electron chi connectivity index (χ2n) is 3.24. The third-order valence-electron chi connectivity index (χ3n) is 1.80. The van der Waals surface area contributed by atoms with E-state index in [2.05, 4.69) is 11.9 Å². The number of rotatable bonds is 4. The van der Waals surface area contributed by atoms with E-state index in [9.17, 15) is 18.0 Å². The molecule has 0 radical (unpaired) electrons. The number of carbonyl (C=O) groups excluding carboxylic acids is 1. The maximum absolute atomic E-state index is 12.3. The molecule has 0 spiro atoms. The molecule has 1 rings (SSSR count). The van der Waals surface area contributed by atoms with E-state index < -0.39 is 11.4 Å². The van der Waals surface area contributed by atoms with Gasteiger partial charge in [0.1, 0.15) is 0 Å². The molecule has 1 aromatic carbocycles. The van der Waals surface area contributed by atoms with Crippen molar-refractivity contribution >= 4 is 29.3 Å². The smallest absolute Gasteiger partial charge is 0.347 e. The molecule has 0 heterocycles. The summed E-state index contributed by atoms with van der Waals surface area (Å²) in [5.41, 5.74) is -4.48. The fourth-order valence-electron chi connectivity index (χ4n) is 1.14. The molecule has 1 amide bonds. The number of halogens is 4. The highest BCUT2D eigenvalue weighted by molar-refractivity contribution is 8.00. The summed E-state index contributed by atoms with van der Waals surface area (Å²) in [5.74, 6) is -0.621. The lowest BCUT2D eigenvalue weighted by atomic mass is 10.2. The molecule has 2 nitrogen and oxygen atoms in total. The Morgan fingerprint density at radius 1 is 1.39 bits per heavy atom. The quantitative estimate of drug-likeness (QED) is 0.857. The van der Waals surface area contributed by atoms with Gasteiger partial charge in [-0.15, -0.1) is 0 Å². The Hall–Kier alpha value is -1.14. The Labute approximate surface area is 111 Å². The van der Waals surface area contributed by atoms with Gasteiger partial charge >= 0.3 is 5.51 Å². The van der Waals surface area contributed by atoms with Crippen LogP contribution in [-0.4, -0.2) is 18.0 Å². The number of nitrogens with one attached hydrogen (secondary N) is 1. The molecule has 98 valence electrons. The second kappa shape index (κ2) is 6.15. The molecule has 18 heavy (non-hydrogen) atoms. The van der Waals surface area contributed by atoms with E-state index in [0.717, 1.165) is 0 Å². The second-order valence-corrected chi connectivity index (χ2v) is 4.89. The Kier molecular flexibility index (Phi) is 5.10. The van der Waals surface area contributed by atoms with Crippen molar-refractivity contribution in [1.82, 2.24) is 5.32 Å². The van der Waals surface area contributed by atoms with Crippen molar-refractivity contribution in [3.63, 3.8) is 0 Å². The van der Waals surface area contributed by atoms with Gasteiger partial charge in [-0.05, 0) is 23.9 Å². The molecule has 0 fully saturated rings. The summed E-state index contributed by atoms with van der Waals surface area (Å²) in [4.78, 5) is 11.5. The molecule has 0 aliphatic heterocycles. The van der Waals surface area contributed by atoms with Crippen LogP contribution in [0.25, 0.3) is 0 Å². The van der Waals surface area contributed by atoms with Crippen LogP contribution in [-0.2, 0) is 0 Å². The van der Waals surface area contributed by atoms with Crippen LogP contribution in [0, 0.1) is 0 Å². The average Bonchev–Trinajstić information content (AvgIpc) is 2.24. The van der Waals surface area contributed by atoms with E-state index in [0.29, 0.717) is 0 Å². The van der Waals surface area contributed by atoms with Crippen LogP contribution in [0.4, 0.5) is 13.2 Å². The van der Waals surface area contributed by atoms with Gasteiger partial charge in [0.2, 0.25) is 0 Å². The molecule has 0 aliphatic rings. The van der Waals surface area contributed by atoms with Gasteiger partial charge in [-0.25, -0.2) is 0 Å². The summed E-state index contributed by atoms with van der Waals surface area (Å²) in [6.07, 6.45) is 0. The van der Waals surface area contributed by atoms with Gasteiger partial charge in [0.05, 0.1) is 12.1 Å². The van der Waals surface area contributed by atoms with Gasteiger partial charge in [-0.2, -0.15) is 13.2 Å². The van der Waals surface area contributed by atoms with Crippen LogP contribution in [0.15, 0.2) is 40.8 Å². The van der Waals surface area contributed by atoms with Crippen molar-refractivity contribution in [3.8, 4) is 0 Å². The van der Waals surface area contributed by atoms with Gasteiger partial charge < -0.3 is 5.32 Å². The highest BCUT2D eigenvalue weighted by atomic mass is 35.5. The minimum absolute atomic E-state index is 0.00536. The fraction of sp³-hybridized carbons (Fsp3) is 0.182. The number of thioether (sulfide) groups is 1. The lowest BCUT2D eigenvalue weighted by molar-refractivity contribution is -0.0328. The van der Waals surface area contributed by atoms with Gasteiger partial charge in [0, 0.05) is 9.93 Å². The van der Waals surface area contributed by atoms with Crippen molar-refractivity contribution in [2.75, 3.05) is 6.54 Å². The zero-order valence-electron chi connectivity index (χ0n) is 9.05. The molecule has 0 aromatic heterocycles. The third kappa shape index (κ3) is 5.01. The minimum atomic E-state index is -4.44. The topological polar surface area (TPSA) is 29.1 Å². The lowest BCUT2D eigenvalue weighted by Crippen LogP contribution is -2.25. The van der Waals surface area contributed by atoms with E-state index >= 15 is 0 Å². The Bertz CT molecular complexity index is 462. The van der Waals surface area contributed by atoms with E-state index in [4.69, 9.17) is 11.6 Å². The first kappa shape index (κ1) is 14.9. The predicted octanol–water partition coefficient (Wildman–Crippen LogP) is 3.78. The summed E-state index contributed by atoms with van der Waals surface area (Å²) in [6, 6.07) is 5.49. The van der Waals surface area contributed by atoms with E-state index in [1.807, 2.05) is 0 Å². The highest BCUT2D eigenvalue weighted by Crippen LogP contribution is 2.38. The van der Waals surface area contributed by atoms with Crippen LogP contribution >= 0.6 is 23.4 Å².